The van der Waals surface area contributed by atoms with Crippen molar-refractivity contribution in [1.29, 1.82) is 0 Å². The number of nitrogens with zero attached hydrogens (tertiary/aromatic N) is 2. The SMILES string of the molecule is CC(C)CN1CCC(Nc2nc3ccccc3c(=O)[nH]2)CC1. The van der Waals surface area contributed by atoms with Crippen LogP contribution in [0.15, 0.2) is 29.1 Å². The Balaban J connectivity index is 1.66. The molecule has 0 aliphatic carbocycles. The molecule has 1 aliphatic rings. The summed E-state index contributed by atoms with van der Waals surface area (Å²) < 4.78 is 0. The average molecular weight is 300 g/mol. The molecule has 5 nitrogen and oxygen atoms in total. The molecule has 5 heteroatoms. The average Bonchev–Trinajstić information content (AvgIpc) is 2.49. The van der Waals surface area contributed by atoms with Gasteiger partial charge in [-0.15, -0.1) is 0 Å². The van der Waals surface area contributed by atoms with Gasteiger partial charge >= 0.3 is 0 Å². The number of fused-ring (bicyclic) bond motifs is 1. The number of likely N-dealkylation sites (tertiary alicyclic amines) is 1. The highest BCUT2D eigenvalue weighted by atomic mass is 16.1. The van der Waals surface area contributed by atoms with Crippen molar-refractivity contribution in [3.63, 3.8) is 0 Å². The Hall–Kier alpha value is -1.88. The Bertz CT molecular complexity index is 686. The molecule has 1 aromatic heterocycles. The number of anilines is 1. The van der Waals surface area contributed by atoms with Gasteiger partial charge in [0.25, 0.3) is 5.56 Å². The summed E-state index contributed by atoms with van der Waals surface area (Å²) in [5.41, 5.74) is 0.663. The number of nitrogens with one attached hydrogen (secondary N) is 2. The molecular formula is C17H24N4O. The van der Waals surface area contributed by atoms with E-state index in [4.69, 9.17) is 0 Å². The van der Waals surface area contributed by atoms with E-state index >= 15 is 0 Å². The number of hydrogen-bond donors (Lipinski definition) is 2. The molecule has 1 saturated heterocycles. The van der Waals surface area contributed by atoms with Gasteiger partial charge in [-0.1, -0.05) is 26.0 Å². The van der Waals surface area contributed by atoms with Crippen molar-refractivity contribution in [2.75, 3.05) is 25.0 Å². The lowest BCUT2D eigenvalue weighted by molar-refractivity contribution is 0.197. The third-order valence-corrected chi connectivity index (χ3v) is 4.16. The summed E-state index contributed by atoms with van der Waals surface area (Å²) in [6.07, 6.45) is 2.17. The first-order valence-corrected chi connectivity index (χ1v) is 8.10. The van der Waals surface area contributed by atoms with E-state index in [0.29, 0.717) is 23.3 Å². The van der Waals surface area contributed by atoms with Gasteiger partial charge < -0.3 is 10.2 Å². The predicted octanol–water partition coefficient (Wildman–Crippen LogP) is 2.46. The maximum absolute atomic E-state index is 12.1. The minimum atomic E-state index is -0.0784. The molecule has 2 N–H and O–H groups in total. The molecule has 22 heavy (non-hydrogen) atoms. The minimum absolute atomic E-state index is 0.0784. The Kier molecular flexibility index (Phi) is 4.43. The maximum Gasteiger partial charge on any atom is 0.260 e. The maximum atomic E-state index is 12.1. The highest BCUT2D eigenvalue weighted by Crippen LogP contribution is 2.16. The van der Waals surface area contributed by atoms with Crippen LogP contribution in [0.25, 0.3) is 10.9 Å². The first-order chi connectivity index (χ1) is 10.6. The fourth-order valence-corrected chi connectivity index (χ4v) is 3.12. The van der Waals surface area contributed by atoms with Gasteiger partial charge in [0.1, 0.15) is 0 Å². The molecule has 3 rings (SSSR count). The molecule has 1 aromatic carbocycles. The second-order valence-electron chi connectivity index (χ2n) is 6.54. The van der Waals surface area contributed by atoms with Crippen molar-refractivity contribution in [2.24, 2.45) is 5.92 Å². The number of para-hydroxylation sites is 1. The van der Waals surface area contributed by atoms with Gasteiger partial charge in [-0.05, 0) is 30.9 Å². The van der Waals surface area contributed by atoms with Gasteiger partial charge in [-0.3, -0.25) is 9.78 Å². The van der Waals surface area contributed by atoms with Gasteiger partial charge in [-0.25, -0.2) is 4.98 Å². The topological polar surface area (TPSA) is 61.0 Å². The molecule has 2 heterocycles. The van der Waals surface area contributed by atoms with Crippen molar-refractivity contribution >= 4 is 16.9 Å². The van der Waals surface area contributed by atoms with Crippen LogP contribution in [0.3, 0.4) is 0 Å². The van der Waals surface area contributed by atoms with E-state index in [0.717, 1.165) is 38.0 Å². The third kappa shape index (κ3) is 3.47. The van der Waals surface area contributed by atoms with Crippen LogP contribution in [0.2, 0.25) is 0 Å². The fourth-order valence-electron chi connectivity index (χ4n) is 3.12. The lowest BCUT2D eigenvalue weighted by atomic mass is 10.0. The zero-order valence-corrected chi connectivity index (χ0v) is 13.3. The Morgan fingerprint density at radius 3 is 2.77 bits per heavy atom. The molecule has 1 fully saturated rings. The monoisotopic (exact) mass is 300 g/mol. The van der Waals surface area contributed by atoms with Crippen molar-refractivity contribution in [3.05, 3.63) is 34.6 Å². The molecule has 118 valence electrons. The summed E-state index contributed by atoms with van der Waals surface area (Å²) in [5, 5.41) is 4.03. The van der Waals surface area contributed by atoms with Crippen molar-refractivity contribution in [2.45, 2.75) is 32.7 Å². The number of benzene rings is 1. The van der Waals surface area contributed by atoms with E-state index in [1.54, 1.807) is 6.07 Å². The molecule has 0 saturated carbocycles. The van der Waals surface area contributed by atoms with Crippen molar-refractivity contribution in [1.82, 2.24) is 14.9 Å². The summed E-state index contributed by atoms with van der Waals surface area (Å²) in [6.45, 7) is 7.89. The number of aromatic nitrogens is 2. The van der Waals surface area contributed by atoms with Crippen LogP contribution in [0.5, 0.6) is 0 Å². The highest BCUT2D eigenvalue weighted by Gasteiger charge is 2.20. The number of rotatable bonds is 4. The predicted molar refractivity (Wildman–Crippen MR) is 90.3 cm³/mol. The Morgan fingerprint density at radius 2 is 2.05 bits per heavy atom. The van der Waals surface area contributed by atoms with E-state index in [1.807, 2.05) is 18.2 Å². The van der Waals surface area contributed by atoms with Gasteiger partial charge in [0, 0.05) is 25.7 Å². The zero-order chi connectivity index (χ0) is 15.5. The summed E-state index contributed by atoms with van der Waals surface area (Å²) in [5.74, 6) is 1.30. The molecule has 0 bridgehead atoms. The molecular weight excluding hydrogens is 276 g/mol. The largest absolute Gasteiger partial charge is 0.353 e. The lowest BCUT2D eigenvalue weighted by Crippen LogP contribution is -2.41. The Labute approximate surface area is 130 Å². The van der Waals surface area contributed by atoms with Crippen LogP contribution < -0.4 is 10.9 Å². The van der Waals surface area contributed by atoms with Crippen LogP contribution in [0.1, 0.15) is 26.7 Å². The van der Waals surface area contributed by atoms with Crippen LogP contribution in [-0.4, -0.2) is 40.5 Å². The summed E-state index contributed by atoms with van der Waals surface area (Å²) in [4.78, 5) is 22.0. The van der Waals surface area contributed by atoms with Crippen LogP contribution in [0, 0.1) is 5.92 Å². The minimum Gasteiger partial charge on any atom is -0.353 e. The molecule has 0 unspecified atom stereocenters. The number of aromatic amines is 1. The summed E-state index contributed by atoms with van der Waals surface area (Å²) in [7, 11) is 0. The van der Waals surface area contributed by atoms with E-state index in [1.165, 1.54) is 0 Å². The Morgan fingerprint density at radius 1 is 1.32 bits per heavy atom. The van der Waals surface area contributed by atoms with E-state index in [-0.39, 0.29) is 5.56 Å². The molecule has 1 aliphatic heterocycles. The van der Waals surface area contributed by atoms with Crippen LogP contribution in [0.4, 0.5) is 5.95 Å². The number of hydrogen-bond acceptors (Lipinski definition) is 4. The van der Waals surface area contributed by atoms with E-state index < -0.39 is 0 Å². The molecule has 0 radical (unpaired) electrons. The smallest absolute Gasteiger partial charge is 0.260 e. The standard InChI is InChI=1S/C17H24N4O/c1-12(2)11-21-9-7-13(8-10-21)18-17-19-15-6-4-3-5-14(15)16(22)20-17/h3-6,12-13H,7-11H2,1-2H3,(H2,18,19,20,22). The van der Waals surface area contributed by atoms with Gasteiger partial charge in [-0.2, -0.15) is 0 Å². The van der Waals surface area contributed by atoms with Gasteiger partial charge in [0.2, 0.25) is 5.95 Å². The summed E-state index contributed by atoms with van der Waals surface area (Å²) >= 11 is 0. The van der Waals surface area contributed by atoms with E-state index in [9.17, 15) is 4.79 Å². The molecule has 0 atom stereocenters. The third-order valence-electron chi connectivity index (χ3n) is 4.16. The number of H-pyrrole nitrogens is 1. The molecule has 0 amide bonds. The quantitative estimate of drug-likeness (QED) is 0.910. The van der Waals surface area contributed by atoms with Crippen LogP contribution >= 0.6 is 0 Å². The number of piperidine rings is 1. The van der Waals surface area contributed by atoms with Crippen molar-refractivity contribution < 1.29 is 0 Å². The second kappa shape index (κ2) is 6.48. The highest BCUT2D eigenvalue weighted by molar-refractivity contribution is 5.78. The molecule has 0 spiro atoms. The second-order valence-corrected chi connectivity index (χ2v) is 6.54. The van der Waals surface area contributed by atoms with E-state index in [2.05, 4.69) is 34.0 Å². The van der Waals surface area contributed by atoms with Gasteiger partial charge in [0.15, 0.2) is 0 Å². The molecule has 2 aromatic rings. The zero-order valence-electron chi connectivity index (χ0n) is 13.3. The van der Waals surface area contributed by atoms with Crippen molar-refractivity contribution in [3.8, 4) is 0 Å². The normalized spacial score (nSPS) is 17.2. The first kappa shape index (κ1) is 15.0. The fraction of sp³-hybridized carbons (Fsp3) is 0.529. The van der Waals surface area contributed by atoms with Crippen LogP contribution in [-0.2, 0) is 0 Å². The van der Waals surface area contributed by atoms with Gasteiger partial charge in [0.05, 0.1) is 10.9 Å². The first-order valence-electron chi connectivity index (χ1n) is 8.10. The summed E-state index contributed by atoms with van der Waals surface area (Å²) in [6, 6.07) is 7.82. The lowest BCUT2D eigenvalue weighted by Gasteiger charge is -2.33.